The van der Waals surface area contributed by atoms with Crippen molar-refractivity contribution in [3.8, 4) is 0 Å². The van der Waals surface area contributed by atoms with Crippen LogP contribution in [-0.2, 0) is 9.59 Å². The molecule has 4 heteroatoms. The van der Waals surface area contributed by atoms with Crippen molar-refractivity contribution in [2.75, 3.05) is 11.4 Å². The van der Waals surface area contributed by atoms with Crippen LogP contribution in [0.3, 0.4) is 0 Å². The Morgan fingerprint density at radius 2 is 2.04 bits per heavy atom. The maximum absolute atomic E-state index is 12.8. The lowest BCUT2D eigenvalue weighted by atomic mass is 9.84. The van der Waals surface area contributed by atoms with E-state index in [0.717, 1.165) is 23.1 Å². The molecule has 2 aliphatic carbocycles. The van der Waals surface area contributed by atoms with Crippen molar-refractivity contribution in [2.24, 2.45) is 23.7 Å². The molecule has 140 valence electrons. The summed E-state index contributed by atoms with van der Waals surface area (Å²) in [6.07, 6.45) is 5.65. The number of nitrogens with zero attached hydrogens (tertiary/aromatic N) is 1. The van der Waals surface area contributed by atoms with Gasteiger partial charge in [-0.15, -0.1) is 0 Å². The molecule has 0 spiro atoms. The Kier molecular flexibility index (Phi) is 4.54. The van der Waals surface area contributed by atoms with Gasteiger partial charge >= 0.3 is 0 Å². The minimum Gasteiger partial charge on any atom is -0.353 e. The predicted octanol–water partition coefficient (Wildman–Crippen LogP) is 3.60. The Balaban J connectivity index is 1.40. The zero-order valence-electron chi connectivity index (χ0n) is 16.1. The fourth-order valence-corrected chi connectivity index (χ4v) is 5.50. The Hall–Kier alpha value is -1.84. The third kappa shape index (κ3) is 3.04. The summed E-state index contributed by atoms with van der Waals surface area (Å²) in [6, 6.07) is 6.25. The van der Waals surface area contributed by atoms with Crippen LogP contribution in [-0.4, -0.2) is 24.4 Å². The number of amides is 2. The van der Waals surface area contributed by atoms with E-state index in [1.54, 1.807) is 4.90 Å². The third-order valence-corrected chi connectivity index (χ3v) is 7.17. The van der Waals surface area contributed by atoms with E-state index in [9.17, 15) is 9.59 Å². The summed E-state index contributed by atoms with van der Waals surface area (Å²) < 4.78 is 0. The van der Waals surface area contributed by atoms with Gasteiger partial charge in [0.25, 0.3) is 0 Å². The second-order valence-electron chi connectivity index (χ2n) is 8.76. The number of anilines is 1. The molecule has 5 unspecified atom stereocenters. The summed E-state index contributed by atoms with van der Waals surface area (Å²) >= 11 is 0. The highest BCUT2D eigenvalue weighted by Gasteiger charge is 2.43. The first-order valence-corrected chi connectivity index (χ1v) is 10.1. The van der Waals surface area contributed by atoms with Gasteiger partial charge in [0.1, 0.15) is 0 Å². The van der Waals surface area contributed by atoms with Crippen LogP contribution >= 0.6 is 0 Å². The van der Waals surface area contributed by atoms with Crippen LogP contribution in [0.1, 0.15) is 50.2 Å². The summed E-state index contributed by atoms with van der Waals surface area (Å²) in [7, 11) is 0. The summed E-state index contributed by atoms with van der Waals surface area (Å²) in [5, 5.41) is 3.25. The molecule has 1 aromatic rings. The molecule has 2 bridgehead atoms. The van der Waals surface area contributed by atoms with Gasteiger partial charge in [0.2, 0.25) is 11.8 Å². The van der Waals surface area contributed by atoms with E-state index >= 15 is 0 Å². The van der Waals surface area contributed by atoms with E-state index in [2.05, 4.69) is 25.2 Å². The molecule has 2 saturated carbocycles. The van der Waals surface area contributed by atoms with Gasteiger partial charge in [-0.2, -0.15) is 0 Å². The highest BCUT2D eigenvalue weighted by Crippen LogP contribution is 2.49. The van der Waals surface area contributed by atoms with Crippen molar-refractivity contribution in [1.29, 1.82) is 0 Å². The lowest BCUT2D eigenvalue weighted by molar-refractivity contribution is -0.127. The third-order valence-electron chi connectivity index (χ3n) is 7.17. The number of nitrogens with one attached hydrogen (secondary N) is 1. The number of hydrogen-bond donors (Lipinski definition) is 1. The fourth-order valence-electron chi connectivity index (χ4n) is 5.50. The van der Waals surface area contributed by atoms with Crippen molar-refractivity contribution in [1.82, 2.24) is 5.32 Å². The topological polar surface area (TPSA) is 49.4 Å². The number of fused-ring (bicyclic) bond motifs is 2. The monoisotopic (exact) mass is 354 g/mol. The van der Waals surface area contributed by atoms with Crippen LogP contribution in [0, 0.1) is 37.5 Å². The van der Waals surface area contributed by atoms with Gasteiger partial charge in [-0.05, 0) is 75.0 Å². The standard InChI is InChI=1S/C22H30N2O2/c1-13-5-4-6-20(14(13)2)24-12-18(11-21(24)25)22(26)23-15(3)19-10-16-7-8-17(19)9-16/h4-6,15-19H,7-12H2,1-3H3,(H,23,26). The summed E-state index contributed by atoms with van der Waals surface area (Å²) in [4.78, 5) is 27.1. The van der Waals surface area contributed by atoms with Crippen molar-refractivity contribution in [3.63, 3.8) is 0 Å². The van der Waals surface area contributed by atoms with Gasteiger partial charge in [0.05, 0.1) is 5.92 Å². The molecule has 26 heavy (non-hydrogen) atoms. The molecule has 3 fully saturated rings. The zero-order valence-corrected chi connectivity index (χ0v) is 16.1. The van der Waals surface area contributed by atoms with E-state index in [-0.39, 0.29) is 23.8 Å². The van der Waals surface area contributed by atoms with Gasteiger partial charge in [-0.3, -0.25) is 9.59 Å². The first-order chi connectivity index (χ1) is 12.4. The van der Waals surface area contributed by atoms with Crippen LogP contribution in [0.25, 0.3) is 0 Å². The number of benzene rings is 1. The number of aryl methyl sites for hydroxylation is 1. The Morgan fingerprint density at radius 3 is 2.73 bits per heavy atom. The molecule has 2 amide bonds. The average Bonchev–Trinajstić information content (AvgIpc) is 3.32. The maximum Gasteiger partial charge on any atom is 0.227 e. The highest BCUT2D eigenvalue weighted by atomic mass is 16.2. The maximum atomic E-state index is 12.8. The number of rotatable bonds is 4. The fraction of sp³-hybridized carbons (Fsp3) is 0.636. The van der Waals surface area contributed by atoms with Crippen LogP contribution in [0.4, 0.5) is 5.69 Å². The lowest BCUT2D eigenvalue weighted by Gasteiger charge is -2.29. The number of carbonyl (C=O) groups excluding carboxylic acids is 2. The largest absolute Gasteiger partial charge is 0.353 e. The highest BCUT2D eigenvalue weighted by molar-refractivity contribution is 6.01. The van der Waals surface area contributed by atoms with Gasteiger partial charge in [0, 0.05) is 24.7 Å². The van der Waals surface area contributed by atoms with Crippen LogP contribution < -0.4 is 10.2 Å². The molecule has 0 aromatic heterocycles. The van der Waals surface area contributed by atoms with Crippen molar-refractivity contribution < 1.29 is 9.59 Å². The summed E-state index contributed by atoms with van der Waals surface area (Å²) in [5.74, 6) is 2.20. The predicted molar refractivity (Wildman–Crippen MR) is 103 cm³/mol. The molecule has 1 saturated heterocycles. The zero-order chi connectivity index (χ0) is 18.4. The molecule has 4 nitrogen and oxygen atoms in total. The normalized spacial score (nSPS) is 31.5. The Bertz CT molecular complexity index is 729. The average molecular weight is 354 g/mol. The lowest BCUT2D eigenvalue weighted by Crippen LogP contribution is -2.43. The molecule has 1 N–H and O–H groups in total. The molecular weight excluding hydrogens is 324 g/mol. The molecule has 4 rings (SSSR count). The summed E-state index contributed by atoms with van der Waals surface area (Å²) in [5.41, 5.74) is 3.25. The Morgan fingerprint density at radius 1 is 1.23 bits per heavy atom. The second kappa shape index (κ2) is 6.71. The van der Waals surface area contributed by atoms with Gasteiger partial charge in [-0.25, -0.2) is 0 Å². The summed E-state index contributed by atoms with van der Waals surface area (Å²) in [6.45, 7) is 6.75. The quantitative estimate of drug-likeness (QED) is 0.898. The van der Waals surface area contributed by atoms with Gasteiger partial charge in [0.15, 0.2) is 0 Å². The first-order valence-electron chi connectivity index (χ1n) is 10.1. The first kappa shape index (κ1) is 17.6. The molecule has 0 radical (unpaired) electrons. The molecule has 1 aromatic carbocycles. The van der Waals surface area contributed by atoms with E-state index in [0.29, 0.717) is 18.9 Å². The van der Waals surface area contributed by atoms with E-state index in [1.807, 2.05) is 19.1 Å². The van der Waals surface area contributed by atoms with Crippen molar-refractivity contribution >= 4 is 17.5 Å². The second-order valence-corrected chi connectivity index (χ2v) is 8.76. The number of hydrogen-bond acceptors (Lipinski definition) is 2. The molecular formula is C22H30N2O2. The number of carbonyl (C=O) groups is 2. The molecule has 1 aliphatic heterocycles. The molecule has 5 atom stereocenters. The SMILES string of the molecule is Cc1cccc(N2CC(C(=O)NC(C)C3CC4CCC3C4)CC2=O)c1C. The van der Waals surface area contributed by atoms with Crippen LogP contribution in [0.2, 0.25) is 0 Å². The van der Waals surface area contributed by atoms with Crippen LogP contribution in [0.15, 0.2) is 18.2 Å². The minimum absolute atomic E-state index is 0.0569. The van der Waals surface area contributed by atoms with E-state index in [4.69, 9.17) is 0 Å². The molecule has 3 aliphatic rings. The van der Waals surface area contributed by atoms with Gasteiger partial charge in [-0.1, -0.05) is 18.6 Å². The van der Waals surface area contributed by atoms with Gasteiger partial charge < -0.3 is 10.2 Å². The Labute approximate surface area is 156 Å². The van der Waals surface area contributed by atoms with Crippen molar-refractivity contribution in [3.05, 3.63) is 29.3 Å². The van der Waals surface area contributed by atoms with E-state index < -0.39 is 0 Å². The smallest absolute Gasteiger partial charge is 0.227 e. The molecule has 1 heterocycles. The van der Waals surface area contributed by atoms with Crippen molar-refractivity contribution in [2.45, 2.75) is 58.9 Å². The van der Waals surface area contributed by atoms with Crippen LogP contribution in [0.5, 0.6) is 0 Å². The van der Waals surface area contributed by atoms with E-state index in [1.165, 1.54) is 31.2 Å². The minimum atomic E-state index is -0.233.